The van der Waals surface area contributed by atoms with Gasteiger partial charge in [-0.3, -0.25) is 4.90 Å². The lowest BCUT2D eigenvalue weighted by molar-refractivity contribution is 0.340. The van der Waals surface area contributed by atoms with Crippen LogP contribution in [-0.2, 0) is 6.42 Å². The van der Waals surface area contributed by atoms with Crippen molar-refractivity contribution >= 4 is 5.57 Å². The molecule has 1 rings (SSSR count). The van der Waals surface area contributed by atoms with Gasteiger partial charge in [-0.1, -0.05) is 48.6 Å². The molecule has 0 aliphatic heterocycles. The summed E-state index contributed by atoms with van der Waals surface area (Å²) >= 11 is 0. The molecule has 0 aliphatic rings. The van der Waals surface area contributed by atoms with Gasteiger partial charge in [-0.25, -0.2) is 0 Å². The van der Waals surface area contributed by atoms with Crippen molar-refractivity contribution in [1.82, 2.24) is 4.90 Å². The molecule has 0 aliphatic carbocycles. The van der Waals surface area contributed by atoms with Crippen LogP contribution in [0.15, 0.2) is 56.2 Å². The van der Waals surface area contributed by atoms with Crippen molar-refractivity contribution in [1.29, 1.82) is 0 Å². The van der Waals surface area contributed by atoms with Gasteiger partial charge in [0.1, 0.15) is 0 Å². The molecule has 0 unspecified atom stereocenters. The molecule has 1 nitrogen and oxygen atoms in total. The molecule has 0 radical (unpaired) electrons. The smallest absolute Gasteiger partial charge is 0.0164 e. The molecule has 96 valence electrons. The molecule has 0 saturated heterocycles. The Balaban J connectivity index is 2.60. The predicted molar refractivity (Wildman–Crippen MR) is 81.7 cm³/mol. The van der Waals surface area contributed by atoms with Gasteiger partial charge in [-0.2, -0.15) is 0 Å². The predicted octanol–water partition coefficient (Wildman–Crippen LogP) is 3.94. The van der Waals surface area contributed by atoms with Gasteiger partial charge in [0.25, 0.3) is 0 Å². The second-order valence-corrected chi connectivity index (χ2v) is 4.57. The minimum Gasteiger partial charge on any atom is -0.296 e. The molecule has 0 amide bonds. The van der Waals surface area contributed by atoms with Crippen LogP contribution in [0.4, 0.5) is 0 Å². The van der Waals surface area contributed by atoms with E-state index in [1.54, 1.807) is 0 Å². The van der Waals surface area contributed by atoms with Gasteiger partial charge < -0.3 is 0 Å². The summed E-state index contributed by atoms with van der Waals surface area (Å²) < 4.78 is 0. The number of nitrogens with zero attached hydrogens (tertiary/aromatic N) is 1. The maximum Gasteiger partial charge on any atom is 0.0164 e. The van der Waals surface area contributed by atoms with Crippen LogP contribution in [0.2, 0.25) is 0 Å². The first-order valence-electron chi connectivity index (χ1n) is 6.36. The lowest BCUT2D eigenvalue weighted by Gasteiger charge is -2.18. The van der Waals surface area contributed by atoms with Gasteiger partial charge in [0.05, 0.1) is 0 Å². The second kappa shape index (κ2) is 7.67. The van der Waals surface area contributed by atoms with Gasteiger partial charge in [-0.15, -0.1) is 13.2 Å². The third-order valence-electron chi connectivity index (χ3n) is 2.91. The Morgan fingerprint density at radius 2 is 1.89 bits per heavy atom. The van der Waals surface area contributed by atoms with E-state index in [0.29, 0.717) is 0 Å². The first-order chi connectivity index (χ1) is 8.67. The third kappa shape index (κ3) is 4.72. The summed E-state index contributed by atoms with van der Waals surface area (Å²) in [5.74, 6) is 0. The molecule has 1 heteroatoms. The van der Waals surface area contributed by atoms with E-state index in [9.17, 15) is 0 Å². The van der Waals surface area contributed by atoms with Crippen molar-refractivity contribution in [3.63, 3.8) is 0 Å². The highest BCUT2D eigenvalue weighted by atomic mass is 15.1. The molecule has 0 spiro atoms. The van der Waals surface area contributed by atoms with Crippen molar-refractivity contribution in [2.24, 2.45) is 0 Å². The lowest BCUT2D eigenvalue weighted by Crippen LogP contribution is -2.26. The van der Waals surface area contributed by atoms with Gasteiger partial charge in [0, 0.05) is 19.6 Å². The van der Waals surface area contributed by atoms with Gasteiger partial charge >= 0.3 is 0 Å². The van der Waals surface area contributed by atoms with Crippen LogP contribution in [0, 0.1) is 0 Å². The van der Waals surface area contributed by atoms with Crippen LogP contribution in [0.3, 0.4) is 0 Å². The van der Waals surface area contributed by atoms with Gasteiger partial charge in [0.2, 0.25) is 0 Å². The molecular weight excluding hydrogens is 218 g/mol. The van der Waals surface area contributed by atoms with E-state index in [1.807, 2.05) is 19.1 Å². The number of hydrogen-bond acceptors (Lipinski definition) is 1. The Morgan fingerprint density at radius 3 is 2.44 bits per heavy atom. The van der Waals surface area contributed by atoms with Crippen LogP contribution in [0.1, 0.15) is 18.1 Å². The molecule has 0 fully saturated rings. The molecular formula is C17H23N. The van der Waals surface area contributed by atoms with Crippen molar-refractivity contribution in [2.75, 3.05) is 19.6 Å². The summed E-state index contributed by atoms with van der Waals surface area (Å²) in [5, 5.41) is 0. The van der Waals surface area contributed by atoms with E-state index in [2.05, 4.69) is 48.9 Å². The highest BCUT2D eigenvalue weighted by Gasteiger charge is 2.02. The Hall–Kier alpha value is -1.60. The van der Waals surface area contributed by atoms with Crippen LogP contribution >= 0.6 is 0 Å². The Morgan fingerprint density at radius 1 is 1.22 bits per heavy atom. The largest absolute Gasteiger partial charge is 0.296 e. The van der Waals surface area contributed by atoms with E-state index in [0.717, 1.165) is 31.6 Å². The first kappa shape index (κ1) is 14.5. The quantitative estimate of drug-likeness (QED) is 0.623. The molecule has 0 bridgehead atoms. The minimum absolute atomic E-state index is 0.909. The van der Waals surface area contributed by atoms with E-state index in [-0.39, 0.29) is 0 Å². The maximum absolute atomic E-state index is 3.98. The molecule has 0 heterocycles. The first-order valence-corrected chi connectivity index (χ1v) is 6.36. The topological polar surface area (TPSA) is 3.24 Å². The highest BCUT2D eigenvalue weighted by molar-refractivity contribution is 5.61. The fraction of sp³-hybridized carbons (Fsp3) is 0.294. The second-order valence-electron chi connectivity index (χ2n) is 4.57. The molecule has 0 saturated carbocycles. The van der Waals surface area contributed by atoms with E-state index < -0.39 is 0 Å². The molecule has 1 aromatic carbocycles. The summed E-state index contributed by atoms with van der Waals surface area (Å²) in [5.41, 5.74) is 3.70. The zero-order valence-electron chi connectivity index (χ0n) is 11.4. The number of rotatable bonds is 8. The molecule has 0 N–H and O–H groups in total. The van der Waals surface area contributed by atoms with Gasteiger partial charge in [0.15, 0.2) is 0 Å². The normalized spacial score (nSPS) is 10.3. The standard InChI is InChI=1S/C17H23N/c1-5-11-18(12-6-2)13-10-16-8-7-9-17(14-16)15(3)4/h5-9,14H,1-3,10-13H2,4H3. The summed E-state index contributed by atoms with van der Waals surface area (Å²) in [4.78, 5) is 2.33. The van der Waals surface area contributed by atoms with Crippen LogP contribution < -0.4 is 0 Å². The average Bonchev–Trinajstić information content (AvgIpc) is 2.37. The molecule has 0 atom stereocenters. The van der Waals surface area contributed by atoms with Crippen LogP contribution in [-0.4, -0.2) is 24.5 Å². The van der Waals surface area contributed by atoms with Crippen molar-refractivity contribution in [3.8, 4) is 0 Å². The zero-order valence-corrected chi connectivity index (χ0v) is 11.4. The summed E-state index contributed by atoms with van der Waals surface area (Å²) in [6.07, 6.45) is 4.92. The number of benzene rings is 1. The summed E-state index contributed by atoms with van der Waals surface area (Å²) in [7, 11) is 0. The van der Waals surface area contributed by atoms with Crippen molar-refractivity contribution in [2.45, 2.75) is 13.3 Å². The Bertz CT molecular complexity index is 407. The number of allylic oxidation sites excluding steroid dienone is 1. The maximum atomic E-state index is 3.98. The number of hydrogen-bond donors (Lipinski definition) is 0. The average molecular weight is 241 g/mol. The Kier molecular flexibility index (Phi) is 6.16. The molecule has 0 aromatic heterocycles. The molecule has 18 heavy (non-hydrogen) atoms. The van der Waals surface area contributed by atoms with Crippen LogP contribution in [0.5, 0.6) is 0 Å². The molecule has 1 aromatic rings. The Labute approximate surface area is 111 Å². The van der Waals surface area contributed by atoms with Gasteiger partial charge in [-0.05, 0) is 24.5 Å². The van der Waals surface area contributed by atoms with Crippen molar-refractivity contribution < 1.29 is 0 Å². The third-order valence-corrected chi connectivity index (χ3v) is 2.91. The lowest BCUT2D eigenvalue weighted by atomic mass is 10.0. The van der Waals surface area contributed by atoms with E-state index >= 15 is 0 Å². The van der Waals surface area contributed by atoms with E-state index in [4.69, 9.17) is 0 Å². The van der Waals surface area contributed by atoms with E-state index in [1.165, 1.54) is 11.1 Å². The summed E-state index contributed by atoms with van der Waals surface area (Å²) in [6, 6.07) is 8.61. The minimum atomic E-state index is 0.909. The van der Waals surface area contributed by atoms with Crippen molar-refractivity contribution in [3.05, 3.63) is 67.3 Å². The summed E-state index contributed by atoms with van der Waals surface area (Å²) in [6.45, 7) is 16.4. The highest BCUT2D eigenvalue weighted by Crippen LogP contribution is 2.14. The van der Waals surface area contributed by atoms with Crippen LogP contribution in [0.25, 0.3) is 5.57 Å². The fourth-order valence-corrected chi connectivity index (χ4v) is 1.90. The fourth-order valence-electron chi connectivity index (χ4n) is 1.90. The SMILES string of the molecule is C=CCN(CC=C)CCc1cccc(C(=C)C)c1. The zero-order chi connectivity index (χ0) is 13.4. The monoisotopic (exact) mass is 241 g/mol.